The third kappa shape index (κ3) is 25.6. The SMILES string of the molecule is CC(=O)[O-].CCCCCCCCCCCCCCCCCC[N+](CCO)(CCO)CCO. The minimum absolute atomic E-state index is 0.124. The molecule has 0 aliphatic rings. The summed E-state index contributed by atoms with van der Waals surface area (Å²) in [6, 6.07) is 0. The predicted octanol–water partition coefficient (Wildman–Crippen LogP) is 3.80. The maximum atomic E-state index is 9.31. The molecule has 0 atom stereocenters. The molecule has 194 valence electrons. The topological polar surface area (TPSA) is 101 Å². The van der Waals surface area contributed by atoms with Crippen molar-refractivity contribution in [3.8, 4) is 0 Å². The summed E-state index contributed by atoms with van der Waals surface area (Å²) in [4.78, 5) is 8.89. The Morgan fingerprint density at radius 3 is 1.06 bits per heavy atom. The summed E-state index contributed by atoms with van der Waals surface area (Å²) in [5, 5.41) is 36.8. The van der Waals surface area contributed by atoms with E-state index >= 15 is 0 Å². The second-order valence-corrected chi connectivity index (χ2v) is 9.20. The summed E-state index contributed by atoms with van der Waals surface area (Å²) in [6.45, 7) is 6.50. The number of nitrogens with zero attached hydrogens (tertiary/aromatic N) is 1. The first-order chi connectivity index (χ1) is 15.5. The van der Waals surface area contributed by atoms with E-state index in [0.717, 1.165) is 19.9 Å². The van der Waals surface area contributed by atoms with Gasteiger partial charge < -0.3 is 29.7 Å². The van der Waals surface area contributed by atoms with Crippen LogP contribution >= 0.6 is 0 Å². The number of carboxylic acids is 1. The van der Waals surface area contributed by atoms with Crippen molar-refractivity contribution in [2.75, 3.05) is 46.0 Å². The maximum Gasteiger partial charge on any atom is 0.102 e. The van der Waals surface area contributed by atoms with Gasteiger partial charge in [-0.1, -0.05) is 96.8 Å². The number of carbonyl (C=O) groups excluding carboxylic acids is 1. The van der Waals surface area contributed by atoms with Gasteiger partial charge in [0.2, 0.25) is 0 Å². The number of rotatable bonds is 23. The van der Waals surface area contributed by atoms with Crippen LogP contribution in [0, 0.1) is 0 Å². The van der Waals surface area contributed by atoms with E-state index in [1.807, 2.05) is 0 Å². The minimum atomic E-state index is -1.08. The lowest BCUT2D eigenvalue weighted by atomic mass is 10.0. The van der Waals surface area contributed by atoms with Gasteiger partial charge in [-0.15, -0.1) is 0 Å². The van der Waals surface area contributed by atoms with Gasteiger partial charge in [0.05, 0.1) is 26.4 Å². The number of unbranched alkanes of at least 4 members (excludes halogenated alkanes) is 15. The van der Waals surface area contributed by atoms with Crippen LogP contribution in [0.4, 0.5) is 0 Å². The van der Waals surface area contributed by atoms with E-state index in [1.54, 1.807) is 0 Å². The van der Waals surface area contributed by atoms with Crippen LogP contribution in [0.15, 0.2) is 0 Å². The monoisotopic (exact) mass is 461 g/mol. The summed E-state index contributed by atoms with van der Waals surface area (Å²) >= 11 is 0. The molecule has 0 aliphatic heterocycles. The van der Waals surface area contributed by atoms with Gasteiger partial charge in [0.15, 0.2) is 0 Å². The Morgan fingerprint density at radius 2 is 0.812 bits per heavy atom. The number of carbonyl (C=O) groups is 1. The van der Waals surface area contributed by atoms with Crippen LogP contribution in [0.25, 0.3) is 0 Å². The Labute approximate surface area is 198 Å². The highest BCUT2D eigenvalue weighted by atomic mass is 16.4. The van der Waals surface area contributed by atoms with Crippen molar-refractivity contribution in [2.45, 2.75) is 117 Å². The second-order valence-electron chi connectivity index (χ2n) is 9.20. The van der Waals surface area contributed by atoms with Crippen molar-refractivity contribution >= 4 is 5.97 Å². The molecule has 0 rings (SSSR count). The number of aliphatic hydroxyl groups is 3. The lowest BCUT2D eigenvalue weighted by Gasteiger charge is -2.37. The number of quaternary nitrogens is 1. The lowest BCUT2D eigenvalue weighted by molar-refractivity contribution is -0.929. The Morgan fingerprint density at radius 1 is 0.562 bits per heavy atom. The fraction of sp³-hybridized carbons (Fsp3) is 0.962. The van der Waals surface area contributed by atoms with Gasteiger partial charge in [-0.05, 0) is 19.8 Å². The number of aliphatic hydroxyl groups excluding tert-OH is 3. The zero-order chi connectivity index (χ0) is 24.3. The van der Waals surface area contributed by atoms with Gasteiger partial charge in [-0.2, -0.15) is 0 Å². The average molecular weight is 462 g/mol. The third-order valence-electron chi connectivity index (χ3n) is 6.21. The van der Waals surface area contributed by atoms with Crippen LogP contribution in [-0.4, -0.2) is 71.8 Å². The minimum Gasteiger partial charge on any atom is -0.550 e. The molecular formula is C26H55NO5. The lowest BCUT2D eigenvalue weighted by Crippen LogP contribution is -2.53. The number of aliphatic carboxylic acids is 1. The van der Waals surface area contributed by atoms with Crippen molar-refractivity contribution < 1.29 is 29.7 Å². The largest absolute Gasteiger partial charge is 0.550 e. The molecule has 0 fully saturated rings. The molecule has 0 radical (unpaired) electrons. The van der Waals surface area contributed by atoms with Gasteiger partial charge in [0, 0.05) is 5.97 Å². The van der Waals surface area contributed by atoms with Crippen LogP contribution in [0.1, 0.15) is 117 Å². The van der Waals surface area contributed by atoms with Crippen molar-refractivity contribution in [1.82, 2.24) is 0 Å². The molecule has 0 heterocycles. The molecule has 0 aromatic carbocycles. The summed E-state index contributed by atoms with van der Waals surface area (Å²) in [7, 11) is 0. The fourth-order valence-electron chi connectivity index (χ4n) is 4.30. The molecule has 0 spiro atoms. The fourth-order valence-corrected chi connectivity index (χ4v) is 4.30. The van der Waals surface area contributed by atoms with Gasteiger partial charge in [0.1, 0.15) is 19.6 Å². The van der Waals surface area contributed by atoms with E-state index in [4.69, 9.17) is 9.90 Å². The molecule has 0 aromatic heterocycles. The van der Waals surface area contributed by atoms with Crippen molar-refractivity contribution in [3.63, 3.8) is 0 Å². The van der Waals surface area contributed by atoms with Crippen molar-refractivity contribution in [1.29, 1.82) is 0 Å². The van der Waals surface area contributed by atoms with Crippen LogP contribution in [0.3, 0.4) is 0 Å². The molecule has 32 heavy (non-hydrogen) atoms. The third-order valence-corrected chi connectivity index (χ3v) is 6.21. The van der Waals surface area contributed by atoms with Crippen LogP contribution < -0.4 is 5.11 Å². The molecule has 0 amide bonds. The Balaban J connectivity index is 0. The standard InChI is InChI=1S/C24H52NO3.C2H4O2/c1-2-3-4-5-6-7-8-9-10-11-12-13-14-15-16-17-18-25(19-22-26,20-23-27)21-24-28;1-2(3)4/h26-28H,2-24H2,1H3;1H3,(H,3,4)/q+1;/p-1. The van der Waals surface area contributed by atoms with E-state index in [-0.39, 0.29) is 19.8 Å². The Kier molecular flexibility index (Phi) is 27.8. The van der Waals surface area contributed by atoms with Gasteiger partial charge in [0.25, 0.3) is 0 Å². The number of carboxylic acid groups (broad SMARTS) is 1. The maximum absolute atomic E-state index is 9.31. The molecular weight excluding hydrogens is 406 g/mol. The normalized spacial score (nSPS) is 11.3. The molecule has 6 heteroatoms. The molecule has 0 bridgehead atoms. The van der Waals surface area contributed by atoms with Crippen LogP contribution in [-0.2, 0) is 4.79 Å². The van der Waals surface area contributed by atoms with E-state index < -0.39 is 5.97 Å². The first-order valence-electron chi connectivity index (χ1n) is 13.3. The van der Waals surface area contributed by atoms with E-state index in [1.165, 1.54) is 96.3 Å². The van der Waals surface area contributed by atoms with Gasteiger partial charge >= 0.3 is 0 Å². The Hall–Kier alpha value is -0.690. The number of hydrogen-bond acceptors (Lipinski definition) is 5. The zero-order valence-corrected chi connectivity index (χ0v) is 21.4. The van der Waals surface area contributed by atoms with Gasteiger partial charge in [-0.3, -0.25) is 0 Å². The predicted molar refractivity (Wildman–Crippen MR) is 131 cm³/mol. The van der Waals surface area contributed by atoms with Gasteiger partial charge in [-0.25, -0.2) is 0 Å². The van der Waals surface area contributed by atoms with Crippen molar-refractivity contribution in [2.24, 2.45) is 0 Å². The molecule has 0 unspecified atom stereocenters. The smallest absolute Gasteiger partial charge is 0.102 e. The number of hydrogen-bond donors (Lipinski definition) is 3. The summed E-state index contributed by atoms with van der Waals surface area (Å²) < 4.78 is 0.655. The van der Waals surface area contributed by atoms with E-state index in [0.29, 0.717) is 24.1 Å². The highest BCUT2D eigenvalue weighted by Crippen LogP contribution is 2.15. The van der Waals surface area contributed by atoms with Crippen LogP contribution in [0.5, 0.6) is 0 Å². The first kappa shape index (κ1) is 33.5. The molecule has 0 aromatic rings. The van der Waals surface area contributed by atoms with E-state index in [9.17, 15) is 15.3 Å². The zero-order valence-electron chi connectivity index (χ0n) is 21.4. The second kappa shape index (κ2) is 26.6. The van der Waals surface area contributed by atoms with Crippen LogP contribution in [0.2, 0.25) is 0 Å². The highest BCUT2D eigenvalue weighted by molar-refractivity contribution is 5.60. The molecule has 0 saturated heterocycles. The highest BCUT2D eigenvalue weighted by Gasteiger charge is 2.25. The molecule has 0 saturated carbocycles. The summed E-state index contributed by atoms with van der Waals surface area (Å²) in [5.41, 5.74) is 0. The average Bonchev–Trinajstić information content (AvgIpc) is 2.73. The summed E-state index contributed by atoms with van der Waals surface area (Å²) in [5.74, 6) is -1.08. The first-order valence-corrected chi connectivity index (χ1v) is 13.3. The van der Waals surface area contributed by atoms with E-state index in [2.05, 4.69) is 6.92 Å². The van der Waals surface area contributed by atoms with Crippen molar-refractivity contribution in [3.05, 3.63) is 0 Å². The Bertz CT molecular complexity index is 358. The molecule has 0 aliphatic carbocycles. The quantitative estimate of drug-likeness (QED) is 0.159. The molecule has 6 nitrogen and oxygen atoms in total. The summed E-state index contributed by atoms with van der Waals surface area (Å²) in [6.07, 6.45) is 21.9. The molecule has 3 N–H and O–H groups in total.